The van der Waals surface area contributed by atoms with Gasteiger partial charge in [-0.25, -0.2) is 0 Å². The zero-order valence-electron chi connectivity index (χ0n) is 17.7. The molecule has 3 aromatic carbocycles. The standard InChI is InChI=1S/C24H25NO6/c1-16-4-8-18(9-5-16)23-28-30-24(31-29-23)19-10-6-17(7-11-19)15-25-20-12-21(26-2)14-22(13-20)27-3/h4-14,23-25H,15H2,1-3H3. The summed E-state index contributed by atoms with van der Waals surface area (Å²) >= 11 is 0. The minimum atomic E-state index is -0.758. The highest BCUT2D eigenvalue weighted by molar-refractivity contribution is 5.54. The molecule has 7 heteroatoms. The second-order valence-electron chi connectivity index (χ2n) is 7.16. The van der Waals surface area contributed by atoms with Gasteiger partial charge in [0.25, 0.3) is 0 Å². The molecular weight excluding hydrogens is 398 g/mol. The third-order valence-electron chi connectivity index (χ3n) is 4.91. The van der Waals surface area contributed by atoms with Crippen molar-refractivity contribution >= 4 is 5.69 Å². The van der Waals surface area contributed by atoms with Crippen molar-refractivity contribution in [1.29, 1.82) is 0 Å². The van der Waals surface area contributed by atoms with Gasteiger partial charge in [0, 0.05) is 41.6 Å². The molecule has 0 aliphatic carbocycles. The molecule has 1 N–H and O–H groups in total. The van der Waals surface area contributed by atoms with E-state index in [1.54, 1.807) is 14.2 Å². The van der Waals surface area contributed by atoms with Gasteiger partial charge in [0.1, 0.15) is 11.5 Å². The Balaban J connectivity index is 1.32. The maximum atomic E-state index is 5.39. The van der Waals surface area contributed by atoms with E-state index in [0.717, 1.165) is 39.4 Å². The Morgan fingerprint density at radius 3 is 1.68 bits per heavy atom. The number of anilines is 1. The van der Waals surface area contributed by atoms with Crippen LogP contribution in [-0.4, -0.2) is 14.2 Å². The van der Waals surface area contributed by atoms with E-state index in [-0.39, 0.29) is 0 Å². The Morgan fingerprint density at radius 2 is 1.19 bits per heavy atom. The van der Waals surface area contributed by atoms with Crippen molar-refractivity contribution in [2.45, 2.75) is 26.0 Å². The number of rotatable bonds is 7. The summed E-state index contributed by atoms with van der Waals surface area (Å²) in [6.45, 7) is 2.65. The lowest BCUT2D eigenvalue weighted by molar-refractivity contribution is -0.600. The molecule has 1 saturated heterocycles. The molecule has 0 amide bonds. The van der Waals surface area contributed by atoms with Crippen molar-refractivity contribution in [2.75, 3.05) is 19.5 Å². The quantitative estimate of drug-likeness (QED) is 0.522. The number of hydrogen-bond acceptors (Lipinski definition) is 7. The smallest absolute Gasteiger partial charge is 0.249 e. The molecule has 3 aromatic rings. The predicted molar refractivity (Wildman–Crippen MR) is 114 cm³/mol. The molecule has 0 atom stereocenters. The number of methoxy groups -OCH3 is 2. The van der Waals surface area contributed by atoms with Gasteiger partial charge in [0.2, 0.25) is 12.6 Å². The Bertz CT molecular complexity index is 960. The highest BCUT2D eigenvalue weighted by atomic mass is 17.4. The van der Waals surface area contributed by atoms with Gasteiger partial charge in [-0.1, -0.05) is 54.1 Å². The maximum absolute atomic E-state index is 5.39. The van der Waals surface area contributed by atoms with Crippen LogP contribution in [0.3, 0.4) is 0 Å². The summed E-state index contributed by atoms with van der Waals surface area (Å²) in [4.78, 5) is 21.5. The van der Waals surface area contributed by atoms with Gasteiger partial charge in [0.15, 0.2) is 0 Å². The molecular formula is C24H25NO6. The van der Waals surface area contributed by atoms with Crippen molar-refractivity contribution in [3.05, 3.63) is 89.0 Å². The fraction of sp³-hybridized carbons (Fsp3) is 0.250. The molecule has 1 aliphatic rings. The summed E-state index contributed by atoms with van der Waals surface area (Å²) in [6, 6.07) is 21.2. The Kier molecular flexibility index (Phi) is 6.69. The highest BCUT2D eigenvalue weighted by Gasteiger charge is 2.28. The van der Waals surface area contributed by atoms with Gasteiger partial charge < -0.3 is 14.8 Å². The molecule has 1 fully saturated rings. The van der Waals surface area contributed by atoms with Crippen LogP contribution in [0.2, 0.25) is 0 Å². The van der Waals surface area contributed by atoms with E-state index in [1.165, 1.54) is 0 Å². The van der Waals surface area contributed by atoms with Crippen LogP contribution in [-0.2, 0) is 26.1 Å². The molecule has 0 unspecified atom stereocenters. The number of aryl methyl sites for hydroxylation is 1. The zero-order chi connectivity index (χ0) is 21.6. The Hall–Kier alpha value is -3.10. The van der Waals surface area contributed by atoms with Gasteiger partial charge in [-0.2, -0.15) is 19.6 Å². The zero-order valence-corrected chi connectivity index (χ0v) is 17.7. The number of ether oxygens (including phenoxy) is 2. The van der Waals surface area contributed by atoms with Crippen LogP contribution in [0.25, 0.3) is 0 Å². The van der Waals surface area contributed by atoms with Crippen molar-refractivity contribution in [3.8, 4) is 11.5 Å². The Morgan fingerprint density at radius 1 is 0.710 bits per heavy atom. The van der Waals surface area contributed by atoms with Crippen molar-refractivity contribution < 1.29 is 29.0 Å². The number of nitrogens with one attached hydrogen (secondary N) is 1. The Labute approximate surface area is 181 Å². The van der Waals surface area contributed by atoms with Gasteiger partial charge >= 0.3 is 0 Å². The number of benzene rings is 3. The summed E-state index contributed by atoms with van der Waals surface area (Å²) in [6.07, 6.45) is -1.48. The fourth-order valence-electron chi connectivity index (χ4n) is 3.09. The summed E-state index contributed by atoms with van der Waals surface area (Å²) in [7, 11) is 3.26. The molecule has 0 bridgehead atoms. The van der Waals surface area contributed by atoms with Crippen LogP contribution in [0.1, 0.15) is 34.8 Å². The van der Waals surface area contributed by atoms with Crippen LogP contribution >= 0.6 is 0 Å². The topological polar surface area (TPSA) is 67.4 Å². The molecule has 0 saturated carbocycles. The SMILES string of the molecule is COc1cc(NCc2ccc(C3OOC(c4ccc(C)cc4)OO3)cc2)cc(OC)c1. The molecule has 0 radical (unpaired) electrons. The molecule has 0 spiro atoms. The van der Waals surface area contributed by atoms with Gasteiger partial charge in [-0.3, -0.25) is 0 Å². The van der Waals surface area contributed by atoms with Crippen LogP contribution in [0, 0.1) is 6.92 Å². The van der Waals surface area contributed by atoms with E-state index in [0.29, 0.717) is 6.54 Å². The first kappa shape index (κ1) is 21.1. The van der Waals surface area contributed by atoms with E-state index >= 15 is 0 Å². The fourth-order valence-corrected chi connectivity index (χ4v) is 3.09. The molecule has 4 rings (SSSR count). The third kappa shape index (κ3) is 5.34. The van der Waals surface area contributed by atoms with Crippen LogP contribution in [0.4, 0.5) is 5.69 Å². The van der Waals surface area contributed by atoms with Crippen molar-refractivity contribution in [2.24, 2.45) is 0 Å². The minimum absolute atomic E-state index is 0.630. The number of hydrogen-bond donors (Lipinski definition) is 1. The molecule has 1 heterocycles. The molecule has 31 heavy (non-hydrogen) atoms. The minimum Gasteiger partial charge on any atom is -0.497 e. The van der Waals surface area contributed by atoms with E-state index in [4.69, 9.17) is 29.0 Å². The lowest BCUT2D eigenvalue weighted by Gasteiger charge is -2.27. The van der Waals surface area contributed by atoms with Crippen LogP contribution in [0.5, 0.6) is 11.5 Å². The first-order valence-electron chi connectivity index (χ1n) is 9.91. The van der Waals surface area contributed by atoms with Crippen molar-refractivity contribution in [1.82, 2.24) is 0 Å². The summed E-state index contributed by atoms with van der Waals surface area (Å²) in [5.74, 6) is 1.46. The van der Waals surface area contributed by atoms with Gasteiger partial charge in [-0.05, 0) is 12.5 Å². The van der Waals surface area contributed by atoms with Crippen LogP contribution < -0.4 is 14.8 Å². The van der Waals surface area contributed by atoms with E-state index in [9.17, 15) is 0 Å². The average Bonchev–Trinajstić information content (AvgIpc) is 2.83. The van der Waals surface area contributed by atoms with Crippen molar-refractivity contribution in [3.63, 3.8) is 0 Å². The summed E-state index contributed by atoms with van der Waals surface area (Å²) < 4.78 is 10.6. The predicted octanol–water partition coefficient (Wildman–Crippen LogP) is 5.23. The summed E-state index contributed by atoms with van der Waals surface area (Å²) in [5, 5.41) is 3.37. The van der Waals surface area contributed by atoms with E-state index < -0.39 is 12.6 Å². The van der Waals surface area contributed by atoms with E-state index in [1.807, 2.05) is 73.7 Å². The van der Waals surface area contributed by atoms with E-state index in [2.05, 4.69) is 5.32 Å². The molecule has 1 aliphatic heterocycles. The second kappa shape index (κ2) is 9.80. The normalized spacial score (nSPS) is 18.4. The van der Waals surface area contributed by atoms with Crippen LogP contribution in [0.15, 0.2) is 66.7 Å². The largest absolute Gasteiger partial charge is 0.497 e. The van der Waals surface area contributed by atoms with Gasteiger partial charge in [-0.15, -0.1) is 0 Å². The molecule has 7 nitrogen and oxygen atoms in total. The van der Waals surface area contributed by atoms with Gasteiger partial charge in [0.05, 0.1) is 14.2 Å². The highest BCUT2D eigenvalue weighted by Crippen LogP contribution is 2.32. The maximum Gasteiger partial charge on any atom is 0.249 e. The third-order valence-corrected chi connectivity index (χ3v) is 4.91. The molecule has 0 aromatic heterocycles. The summed E-state index contributed by atoms with van der Waals surface area (Å²) in [5.41, 5.74) is 4.75. The average molecular weight is 423 g/mol. The first-order valence-corrected chi connectivity index (χ1v) is 9.91. The lowest BCUT2D eigenvalue weighted by atomic mass is 10.1. The second-order valence-corrected chi connectivity index (χ2v) is 7.16. The molecule has 162 valence electrons. The first-order chi connectivity index (χ1) is 15.1. The lowest BCUT2D eigenvalue weighted by Crippen LogP contribution is -2.22. The monoisotopic (exact) mass is 423 g/mol.